The average molecular weight is 257 g/mol. The quantitative estimate of drug-likeness (QED) is 0.660. The minimum absolute atomic E-state index is 0.473. The van der Waals surface area contributed by atoms with Gasteiger partial charge in [-0.15, -0.1) is 0 Å². The third-order valence-corrected chi connectivity index (χ3v) is 2.72. The number of rotatable bonds is 5. The highest BCUT2D eigenvalue weighted by Gasteiger charge is 2.00. The number of hydrogen-bond donors (Lipinski definition) is 1. The van der Waals surface area contributed by atoms with Gasteiger partial charge in [0.25, 0.3) is 0 Å². The van der Waals surface area contributed by atoms with E-state index in [1.165, 1.54) is 11.1 Å². The molecule has 0 fully saturated rings. The highest BCUT2D eigenvalue weighted by molar-refractivity contribution is 5.51. The number of benzene rings is 2. The van der Waals surface area contributed by atoms with Crippen LogP contribution < -0.4 is 15.2 Å². The maximum Gasteiger partial charge on any atom is 0.142 e. The van der Waals surface area contributed by atoms with Gasteiger partial charge in [-0.1, -0.05) is 18.2 Å². The van der Waals surface area contributed by atoms with Crippen LogP contribution in [-0.2, 0) is 0 Å². The largest absolute Gasteiger partial charge is 0.490 e. The first-order chi connectivity index (χ1) is 9.15. The molecule has 100 valence electrons. The molecule has 3 nitrogen and oxygen atoms in total. The molecule has 0 aliphatic rings. The van der Waals surface area contributed by atoms with Gasteiger partial charge in [0.1, 0.15) is 24.7 Å². The van der Waals surface area contributed by atoms with Crippen LogP contribution in [-0.4, -0.2) is 13.2 Å². The Labute approximate surface area is 114 Å². The standard InChI is InChI=1S/C16H19NO2/c1-12-9-13(2)11-14(10-12)18-7-8-19-16-6-4-3-5-15(16)17/h3-6,9-11H,7-8,17H2,1-2H3. The Hall–Kier alpha value is -2.16. The molecule has 2 aromatic rings. The van der Waals surface area contributed by atoms with E-state index in [2.05, 4.69) is 19.9 Å². The SMILES string of the molecule is Cc1cc(C)cc(OCCOc2ccccc2N)c1. The predicted octanol–water partition coefficient (Wildman–Crippen LogP) is 3.34. The highest BCUT2D eigenvalue weighted by Crippen LogP contribution is 2.20. The summed E-state index contributed by atoms with van der Waals surface area (Å²) < 4.78 is 11.2. The van der Waals surface area contributed by atoms with Crippen LogP contribution in [0.3, 0.4) is 0 Å². The second kappa shape index (κ2) is 6.14. The number of anilines is 1. The van der Waals surface area contributed by atoms with Gasteiger partial charge < -0.3 is 15.2 Å². The van der Waals surface area contributed by atoms with Crippen molar-refractivity contribution in [2.45, 2.75) is 13.8 Å². The van der Waals surface area contributed by atoms with Crippen molar-refractivity contribution in [2.24, 2.45) is 0 Å². The van der Waals surface area contributed by atoms with Crippen molar-refractivity contribution in [1.29, 1.82) is 0 Å². The Morgan fingerprint density at radius 3 is 2.21 bits per heavy atom. The van der Waals surface area contributed by atoms with Crippen LogP contribution in [0.1, 0.15) is 11.1 Å². The molecule has 0 spiro atoms. The molecule has 3 heteroatoms. The summed E-state index contributed by atoms with van der Waals surface area (Å²) in [5, 5.41) is 0. The summed E-state index contributed by atoms with van der Waals surface area (Å²) in [5.74, 6) is 1.58. The third-order valence-electron chi connectivity index (χ3n) is 2.72. The van der Waals surface area contributed by atoms with Crippen LogP contribution in [0.25, 0.3) is 0 Å². The van der Waals surface area contributed by atoms with E-state index in [0.717, 1.165) is 5.75 Å². The van der Waals surface area contributed by atoms with Gasteiger partial charge in [0.15, 0.2) is 0 Å². The van der Waals surface area contributed by atoms with Crippen LogP contribution in [0.4, 0.5) is 5.69 Å². The maximum atomic E-state index is 5.79. The second-order valence-corrected chi connectivity index (χ2v) is 4.56. The second-order valence-electron chi connectivity index (χ2n) is 4.56. The molecule has 0 aliphatic heterocycles. The van der Waals surface area contributed by atoms with Crippen molar-refractivity contribution in [2.75, 3.05) is 18.9 Å². The summed E-state index contributed by atoms with van der Waals surface area (Å²) in [5.41, 5.74) is 8.83. The molecule has 0 bridgehead atoms. The number of ether oxygens (including phenoxy) is 2. The van der Waals surface area contributed by atoms with Gasteiger partial charge in [-0.2, -0.15) is 0 Å². The number of hydrogen-bond acceptors (Lipinski definition) is 3. The minimum atomic E-state index is 0.473. The van der Waals surface area contributed by atoms with E-state index in [1.54, 1.807) is 0 Å². The number of aryl methyl sites for hydroxylation is 2. The van der Waals surface area contributed by atoms with Crippen LogP contribution in [0.2, 0.25) is 0 Å². The molecule has 0 heterocycles. The topological polar surface area (TPSA) is 44.5 Å². The van der Waals surface area contributed by atoms with E-state index in [4.69, 9.17) is 15.2 Å². The van der Waals surface area contributed by atoms with Crippen molar-refractivity contribution in [3.8, 4) is 11.5 Å². The Balaban J connectivity index is 1.82. The molecule has 0 unspecified atom stereocenters. The van der Waals surface area contributed by atoms with Crippen molar-refractivity contribution in [3.63, 3.8) is 0 Å². The van der Waals surface area contributed by atoms with E-state index in [1.807, 2.05) is 36.4 Å². The zero-order chi connectivity index (χ0) is 13.7. The molecule has 0 aliphatic carbocycles. The van der Waals surface area contributed by atoms with Gasteiger partial charge in [-0.05, 0) is 49.2 Å². The van der Waals surface area contributed by atoms with E-state index < -0.39 is 0 Å². The normalized spacial score (nSPS) is 10.2. The molecule has 2 aromatic carbocycles. The van der Waals surface area contributed by atoms with Gasteiger partial charge in [0.05, 0.1) is 5.69 Å². The van der Waals surface area contributed by atoms with Crippen molar-refractivity contribution in [3.05, 3.63) is 53.6 Å². The molecule has 0 atom stereocenters. The summed E-state index contributed by atoms with van der Waals surface area (Å²) in [6, 6.07) is 13.6. The zero-order valence-electron chi connectivity index (χ0n) is 11.3. The molecule has 0 saturated carbocycles. The van der Waals surface area contributed by atoms with E-state index in [9.17, 15) is 0 Å². The first-order valence-corrected chi connectivity index (χ1v) is 6.33. The third kappa shape index (κ3) is 3.91. The minimum Gasteiger partial charge on any atom is -0.490 e. The summed E-state index contributed by atoms with van der Waals surface area (Å²) in [6.45, 7) is 5.08. The monoisotopic (exact) mass is 257 g/mol. The van der Waals surface area contributed by atoms with E-state index in [0.29, 0.717) is 24.7 Å². The van der Waals surface area contributed by atoms with Crippen LogP contribution in [0.15, 0.2) is 42.5 Å². The average Bonchev–Trinajstić information content (AvgIpc) is 2.35. The highest BCUT2D eigenvalue weighted by atomic mass is 16.5. The van der Waals surface area contributed by atoms with Gasteiger partial charge in [0.2, 0.25) is 0 Å². The molecule has 0 radical (unpaired) electrons. The van der Waals surface area contributed by atoms with Gasteiger partial charge in [-0.25, -0.2) is 0 Å². The lowest BCUT2D eigenvalue weighted by molar-refractivity contribution is 0.218. The number of nitrogen functional groups attached to an aromatic ring is 1. The van der Waals surface area contributed by atoms with E-state index in [-0.39, 0.29) is 0 Å². The molecule has 0 aromatic heterocycles. The maximum absolute atomic E-state index is 5.79. The summed E-state index contributed by atoms with van der Waals surface area (Å²) in [4.78, 5) is 0. The Kier molecular flexibility index (Phi) is 4.29. The summed E-state index contributed by atoms with van der Waals surface area (Å²) >= 11 is 0. The predicted molar refractivity (Wildman–Crippen MR) is 77.8 cm³/mol. The number of nitrogens with two attached hydrogens (primary N) is 1. The first-order valence-electron chi connectivity index (χ1n) is 6.33. The fourth-order valence-corrected chi connectivity index (χ4v) is 1.94. The van der Waals surface area contributed by atoms with Crippen LogP contribution in [0.5, 0.6) is 11.5 Å². The fraction of sp³-hybridized carbons (Fsp3) is 0.250. The van der Waals surface area contributed by atoms with Crippen molar-refractivity contribution in [1.82, 2.24) is 0 Å². The smallest absolute Gasteiger partial charge is 0.142 e. The van der Waals surface area contributed by atoms with Gasteiger partial charge in [0, 0.05) is 0 Å². The lowest BCUT2D eigenvalue weighted by Crippen LogP contribution is -2.10. The van der Waals surface area contributed by atoms with Crippen molar-refractivity contribution < 1.29 is 9.47 Å². The van der Waals surface area contributed by atoms with Crippen molar-refractivity contribution >= 4 is 5.69 Å². The summed E-state index contributed by atoms with van der Waals surface area (Å²) in [7, 11) is 0. The molecule has 2 rings (SSSR count). The molecule has 0 amide bonds. The Morgan fingerprint density at radius 2 is 1.53 bits per heavy atom. The van der Waals surface area contributed by atoms with Gasteiger partial charge in [-0.3, -0.25) is 0 Å². The van der Waals surface area contributed by atoms with E-state index >= 15 is 0 Å². The van der Waals surface area contributed by atoms with Crippen LogP contribution in [0, 0.1) is 13.8 Å². The molecular weight excluding hydrogens is 238 g/mol. The van der Waals surface area contributed by atoms with Crippen LogP contribution >= 0.6 is 0 Å². The Morgan fingerprint density at radius 1 is 0.895 bits per heavy atom. The lowest BCUT2D eigenvalue weighted by atomic mass is 10.1. The molecule has 0 saturated heterocycles. The zero-order valence-corrected chi connectivity index (χ0v) is 11.3. The molecular formula is C16H19NO2. The number of para-hydroxylation sites is 2. The molecule has 2 N–H and O–H groups in total. The lowest BCUT2D eigenvalue weighted by Gasteiger charge is -2.10. The van der Waals surface area contributed by atoms with Gasteiger partial charge >= 0.3 is 0 Å². The molecule has 19 heavy (non-hydrogen) atoms. The summed E-state index contributed by atoms with van der Waals surface area (Å²) in [6.07, 6.45) is 0. The first kappa shape index (κ1) is 13.3. The fourth-order valence-electron chi connectivity index (χ4n) is 1.94. The Bertz CT molecular complexity index is 532.